The van der Waals surface area contributed by atoms with E-state index in [1.807, 2.05) is 20.8 Å². The zero-order valence-corrected chi connectivity index (χ0v) is 10.8. The summed E-state index contributed by atoms with van der Waals surface area (Å²) in [7, 11) is 0. The lowest BCUT2D eigenvalue weighted by molar-refractivity contribution is 0.477. The second-order valence-electron chi connectivity index (χ2n) is 4.94. The average Bonchev–Trinajstić information content (AvgIpc) is 2.29. The summed E-state index contributed by atoms with van der Waals surface area (Å²) in [6.45, 7) is 9.69. The molecule has 4 heteroatoms. The number of hydrogen-bond acceptors (Lipinski definition) is 2. The molecule has 0 saturated heterocycles. The molecule has 0 amide bonds. The molecule has 0 spiro atoms. The van der Waals surface area contributed by atoms with Gasteiger partial charge in [-0.15, -0.1) is 6.58 Å². The number of anilines is 1. The van der Waals surface area contributed by atoms with Gasteiger partial charge in [0.25, 0.3) is 0 Å². The number of halogens is 2. The van der Waals surface area contributed by atoms with Gasteiger partial charge >= 0.3 is 0 Å². The van der Waals surface area contributed by atoms with Gasteiger partial charge in [-0.25, -0.2) is 8.78 Å². The Kier molecular flexibility index (Phi) is 4.07. The van der Waals surface area contributed by atoms with Crippen LogP contribution in [0.15, 0.2) is 24.8 Å². The van der Waals surface area contributed by atoms with Crippen LogP contribution in [0.2, 0.25) is 0 Å². The van der Waals surface area contributed by atoms with Gasteiger partial charge in [0.1, 0.15) is 6.07 Å². The van der Waals surface area contributed by atoms with Crippen LogP contribution in [0, 0.1) is 23.0 Å². The molecule has 1 aromatic carbocycles. The first kappa shape index (κ1) is 14.2. The number of hydrogen-bond donors (Lipinski definition) is 0. The van der Waals surface area contributed by atoms with Crippen LogP contribution in [0.5, 0.6) is 0 Å². The molecule has 0 saturated carbocycles. The Morgan fingerprint density at radius 1 is 1.33 bits per heavy atom. The van der Waals surface area contributed by atoms with Crippen LogP contribution >= 0.6 is 0 Å². The lowest BCUT2D eigenvalue weighted by atomic mass is 10.0. The number of rotatable bonds is 3. The second kappa shape index (κ2) is 5.18. The fourth-order valence-corrected chi connectivity index (χ4v) is 1.70. The second-order valence-corrected chi connectivity index (χ2v) is 4.94. The molecule has 0 aliphatic carbocycles. The van der Waals surface area contributed by atoms with Crippen molar-refractivity contribution < 1.29 is 8.78 Å². The Labute approximate surface area is 106 Å². The van der Waals surface area contributed by atoms with Gasteiger partial charge < -0.3 is 4.90 Å². The van der Waals surface area contributed by atoms with E-state index in [0.717, 1.165) is 0 Å². The zero-order chi connectivity index (χ0) is 13.9. The first-order chi connectivity index (χ1) is 8.32. The molecule has 18 heavy (non-hydrogen) atoms. The monoisotopic (exact) mass is 250 g/mol. The van der Waals surface area contributed by atoms with E-state index in [4.69, 9.17) is 5.26 Å². The normalized spacial score (nSPS) is 10.9. The maximum atomic E-state index is 14.0. The van der Waals surface area contributed by atoms with Crippen molar-refractivity contribution >= 4 is 5.69 Å². The summed E-state index contributed by atoms with van der Waals surface area (Å²) in [6.07, 6.45) is 1.63. The maximum Gasteiger partial charge on any atom is 0.183 e. The molecule has 2 nitrogen and oxygen atoms in total. The molecule has 0 aliphatic rings. The maximum absolute atomic E-state index is 14.0. The minimum absolute atomic E-state index is 0.138. The van der Waals surface area contributed by atoms with E-state index >= 15 is 0 Å². The quantitative estimate of drug-likeness (QED) is 0.766. The Hall–Kier alpha value is -1.89. The highest BCUT2D eigenvalue weighted by Crippen LogP contribution is 2.29. The van der Waals surface area contributed by atoms with E-state index < -0.39 is 11.6 Å². The molecule has 0 aliphatic heterocycles. The van der Waals surface area contributed by atoms with E-state index in [9.17, 15) is 8.78 Å². The molecule has 0 atom stereocenters. The van der Waals surface area contributed by atoms with Crippen LogP contribution in [-0.2, 0) is 0 Å². The average molecular weight is 250 g/mol. The van der Waals surface area contributed by atoms with E-state index in [1.54, 1.807) is 17.0 Å². The van der Waals surface area contributed by atoms with Crippen molar-refractivity contribution in [1.82, 2.24) is 0 Å². The van der Waals surface area contributed by atoms with Crippen LogP contribution in [0.1, 0.15) is 26.3 Å². The molecule has 0 fully saturated rings. The Balaban J connectivity index is 3.35. The van der Waals surface area contributed by atoms with Crippen LogP contribution in [0.4, 0.5) is 14.5 Å². The summed E-state index contributed by atoms with van der Waals surface area (Å²) in [5.74, 6) is -2.10. The molecule has 0 unspecified atom stereocenters. The highest BCUT2D eigenvalue weighted by atomic mass is 19.2. The molecule has 0 aromatic heterocycles. The van der Waals surface area contributed by atoms with Gasteiger partial charge in [0.05, 0.1) is 11.3 Å². The third kappa shape index (κ3) is 2.67. The van der Waals surface area contributed by atoms with Crippen molar-refractivity contribution in [1.29, 1.82) is 5.26 Å². The first-order valence-electron chi connectivity index (χ1n) is 5.59. The summed E-state index contributed by atoms with van der Waals surface area (Å²) in [4.78, 5) is 1.69. The molecular formula is C14H16F2N2. The molecule has 1 aromatic rings. The molecule has 0 bridgehead atoms. The van der Waals surface area contributed by atoms with E-state index in [-0.39, 0.29) is 16.8 Å². The predicted octanol–water partition coefficient (Wildman–Crippen LogP) is 3.63. The van der Waals surface area contributed by atoms with Crippen molar-refractivity contribution in [3.8, 4) is 6.07 Å². The molecule has 0 N–H and O–H groups in total. The van der Waals surface area contributed by atoms with Gasteiger partial charge in [0.2, 0.25) is 0 Å². The largest absolute Gasteiger partial charge is 0.361 e. The highest BCUT2D eigenvalue weighted by molar-refractivity contribution is 5.54. The van der Waals surface area contributed by atoms with E-state index in [2.05, 4.69) is 6.58 Å². The van der Waals surface area contributed by atoms with E-state index in [0.29, 0.717) is 6.54 Å². The van der Waals surface area contributed by atoms with Gasteiger partial charge in [-0.3, -0.25) is 0 Å². The van der Waals surface area contributed by atoms with Crippen LogP contribution < -0.4 is 4.90 Å². The molecule has 0 radical (unpaired) electrons. The number of benzene rings is 1. The first-order valence-corrected chi connectivity index (χ1v) is 5.59. The lowest BCUT2D eigenvalue weighted by Crippen LogP contribution is -2.42. The highest BCUT2D eigenvalue weighted by Gasteiger charge is 2.25. The fourth-order valence-electron chi connectivity index (χ4n) is 1.70. The minimum atomic E-state index is -1.10. The molecule has 1 rings (SSSR count). The van der Waals surface area contributed by atoms with Crippen LogP contribution in [0.25, 0.3) is 0 Å². The number of nitrogens with zero attached hydrogens (tertiary/aromatic N) is 2. The van der Waals surface area contributed by atoms with Gasteiger partial charge in [-0.1, -0.05) is 6.08 Å². The van der Waals surface area contributed by atoms with Crippen LogP contribution in [0.3, 0.4) is 0 Å². The lowest BCUT2D eigenvalue weighted by Gasteiger charge is -2.37. The van der Waals surface area contributed by atoms with Crippen molar-refractivity contribution in [3.63, 3.8) is 0 Å². The Bertz CT molecular complexity index is 496. The summed E-state index contributed by atoms with van der Waals surface area (Å²) in [5, 5.41) is 8.65. The Morgan fingerprint density at radius 3 is 2.39 bits per heavy atom. The minimum Gasteiger partial charge on any atom is -0.361 e. The van der Waals surface area contributed by atoms with Gasteiger partial charge in [0, 0.05) is 12.1 Å². The van der Waals surface area contributed by atoms with Crippen molar-refractivity contribution in [2.45, 2.75) is 26.3 Å². The topological polar surface area (TPSA) is 27.0 Å². The van der Waals surface area contributed by atoms with Gasteiger partial charge in [-0.2, -0.15) is 5.26 Å². The van der Waals surface area contributed by atoms with Crippen molar-refractivity contribution in [3.05, 3.63) is 42.0 Å². The van der Waals surface area contributed by atoms with Crippen molar-refractivity contribution in [2.24, 2.45) is 0 Å². The number of nitriles is 1. The van der Waals surface area contributed by atoms with Gasteiger partial charge in [-0.05, 0) is 32.9 Å². The summed E-state index contributed by atoms with van der Waals surface area (Å²) >= 11 is 0. The third-order valence-corrected chi connectivity index (χ3v) is 2.59. The summed E-state index contributed by atoms with van der Waals surface area (Å²) in [6, 6.07) is 4.33. The summed E-state index contributed by atoms with van der Waals surface area (Å²) < 4.78 is 27.6. The van der Waals surface area contributed by atoms with Crippen molar-refractivity contribution in [2.75, 3.05) is 11.4 Å². The standard InChI is InChI=1S/C14H16F2N2/c1-5-8-18(14(2,3)4)11-7-6-10(9-17)12(15)13(11)16/h5-7H,1,8H2,2-4H3. The van der Waals surface area contributed by atoms with Gasteiger partial charge in [0.15, 0.2) is 11.6 Å². The fraction of sp³-hybridized carbons (Fsp3) is 0.357. The van der Waals surface area contributed by atoms with Crippen LogP contribution in [-0.4, -0.2) is 12.1 Å². The zero-order valence-electron chi connectivity index (χ0n) is 10.8. The molecule has 96 valence electrons. The smallest absolute Gasteiger partial charge is 0.183 e. The summed E-state index contributed by atoms with van der Waals surface area (Å²) in [5.41, 5.74) is -0.530. The molecule has 0 heterocycles. The molecular weight excluding hydrogens is 234 g/mol. The third-order valence-electron chi connectivity index (χ3n) is 2.59. The van der Waals surface area contributed by atoms with E-state index in [1.165, 1.54) is 12.1 Å². The predicted molar refractivity (Wildman–Crippen MR) is 68.4 cm³/mol. The Morgan fingerprint density at radius 2 is 1.94 bits per heavy atom. The SMILES string of the molecule is C=CCN(c1ccc(C#N)c(F)c1F)C(C)(C)C.